The number of ether oxygens (including phenoxy) is 3. The van der Waals surface area contributed by atoms with E-state index in [4.69, 9.17) is 9.47 Å². The van der Waals surface area contributed by atoms with Crippen LogP contribution in [0.2, 0.25) is 0 Å². The molecule has 0 aliphatic carbocycles. The third-order valence-corrected chi connectivity index (χ3v) is 3.74. The van der Waals surface area contributed by atoms with Crippen LogP contribution in [-0.2, 0) is 25.2 Å². The van der Waals surface area contributed by atoms with Crippen LogP contribution in [0.3, 0.4) is 0 Å². The second kappa shape index (κ2) is 8.64. The van der Waals surface area contributed by atoms with E-state index in [-0.39, 0.29) is 29.3 Å². The Morgan fingerprint density at radius 3 is 2.32 bits per heavy atom. The average Bonchev–Trinajstić information content (AvgIpc) is 2.89. The molecule has 1 aliphatic rings. The van der Waals surface area contributed by atoms with E-state index in [2.05, 4.69) is 4.74 Å². The number of carbonyl (C=O) groups excluding carboxylic acids is 2. The molecule has 0 aromatic heterocycles. The lowest BCUT2D eigenvalue weighted by Crippen LogP contribution is -2.27. The number of alkyl halides is 3. The molecule has 0 fully saturated rings. The van der Waals surface area contributed by atoms with Gasteiger partial charge in [-0.25, -0.2) is 9.59 Å². The molecular weight excluding hydrogens is 379 g/mol. The lowest BCUT2D eigenvalue weighted by molar-refractivity contribution is -0.139. The zero-order valence-corrected chi connectivity index (χ0v) is 15.4. The van der Waals surface area contributed by atoms with E-state index in [9.17, 15) is 22.8 Å². The van der Waals surface area contributed by atoms with Crippen molar-refractivity contribution in [2.75, 3.05) is 25.7 Å². The molecule has 0 N–H and O–H groups in total. The molecule has 2 rings (SSSR count). The molecule has 0 saturated carbocycles. The molecule has 0 spiro atoms. The molecule has 150 valence electrons. The monoisotopic (exact) mass is 397 g/mol. The Labute approximate surface area is 159 Å². The molecule has 1 heterocycles. The van der Waals surface area contributed by atoms with Gasteiger partial charge < -0.3 is 19.1 Å². The van der Waals surface area contributed by atoms with E-state index in [1.54, 1.807) is 6.92 Å². The summed E-state index contributed by atoms with van der Waals surface area (Å²) in [4.78, 5) is 25.6. The summed E-state index contributed by atoms with van der Waals surface area (Å²) >= 11 is 0. The number of nitrogens with zero attached hydrogens (tertiary/aromatic N) is 1. The molecule has 28 heavy (non-hydrogen) atoms. The van der Waals surface area contributed by atoms with Gasteiger partial charge >= 0.3 is 18.1 Å². The van der Waals surface area contributed by atoms with Crippen LogP contribution in [0.5, 0.6) is 5.75 Å². The largest absolute Gasteiger partial charge is 0.493 e. The third-order valence-electron chi connectivity index (χ3n) is 3.74. The fourth-order valence-corrected chi connectivity index (χ4v) is 2.54. The summed E-state index contributed by atoms with van der Waals surface area (Å²) in [5.41, 5.74) is -1.47. The lowest BCUT2D eigenvalue weighted by atomic mass is 10.1. The summed E-state index contributed by atoms with van der Waals surface area (Å²) < 4.78 is 54.9. The Balaban J connectivity index is 2.69. The van der Waals surface area contributed by atoms with E-state index < -0.39 is 23.7 Å². The highest BCUT2D eigenvalue weighted by molar-refractivity contribution is 6.05. The van der Waals surface area contributed by atoms with E-state index in [0.29, 0.717) is 0 Å². The average molecular weight is 397 g/mol. The maximum atomic E-state index is 13.5. The number of anilines is 1. The van der Waals surface area contributed by atoms with Gasteiger partial charge in [0.25, 0.3) is 0 Å². The van der Waals surface area contributed by atoms with Crippen molar-refractivity contribution in [1.29, 1.82) is 0 Å². The molecule has 1 aromatic carbocycles. The minimum atomic E-state index is -4.69. The summed E-state index contributed by atoms with van der Waals surface area (Å²) in [5.74, 6) is -2.10. The van der Waals surface area contributed by atoms with E-state index in [1.165, 1.54) is 30.5 Å². The SMILES string of the molecule is CCOc1ccc(N2C=CC=CC(C(=O)OC)=C2C(=O)OC)cc1C(F)(F)F. The Morgan fingerprint density at radius 2 is 1.75 bits per heavy atom. The molecule has 6 nitrogen and oxygen atoms in total. The van der Waals surface area contributed by atoms with Gasteiger partial charge in [-0.15, -0.1) is 0 Å². The van der Waals surface area contributed by atoms with Crippen LogP contribution in [0, 0.1) is 0 Å². The molecular formula is C19H18F3NO5. The number of esters is 2. The molecule has 9 heteroatoms. The topological polar surface area (TPSA) is 65.1 Å². The number of hydrogen-bond donors (Lipinski definition) is 0. The summed E-state index contributed by atoms with van der Waals surface area (Å²) in [5, 5.41) is 0. The molecule has 1 aromatic rings. The summed E-state index contributed by atoms with van der Waals surface area (Å²) in [6, 6.07) is 3.33. The smallest absolute Gasteiger partial charge is 0.420 e. The summed E-state index contributed by atoms with van der Waals surface area (Å²) in [6.07, 6.45) is 0.883. The molecule has 0 atom stereocenters. The normalized spacial score (nSPS) is 14.0. The summed E-state index contributed by atoms with van der Waals surface area (Å²) in [6.45, 7) is 1.62. The van der Waals surface area contributed by atoms with Gasteiger partial charge in [0.05, 0.1) is 32.0 Å². The lowest BCUT2D eigenvalue weighted by Gasteiger charge is -2.24. The second-order valence-electron chi connectivity index (χ2n) is 5.43. The zero-order chi connectivity index (χ0) is 20.9. The highest BCUT2D eigenvalue weighted by Gasteiger charge is 2.36. The van der Waals surface area contributed by atoms with Crippen LogP contribution >= 0.6 is 0 Å². The Morgan fingerprint density at radius 1 is 1.07 bits per heavy atom. The number of allylic oxidation sites excluding steroid dienone is 2. The van der Waals surface area contributed by atoms with Crippen LogP contribution in [0.15, 0.2) is 53.9 Å². The minimum Gasteiger partial charge on any atom is -0.493 e. The first kappa shape index (κ1) is 21.1. The van der Waals surface area contributed by atoms with E-state index in [0.717, 1.165) is 31.3 Å². The highest BCUT2D eigenvalue weighted by atomic mass is 19.4. The van der Waals surface area contributed by atoms with E-state index in [1.807, 2.05) is 0 Å². The van der Waals surface area contributed by atoms with Crippen LogP contribution < -0.4 is 9.64 Å². The van der Waals surface area contributed by atoms with Gasteiger partial charge in [-0.3, -0.25) is 0 Å². The number of carbonyl (C=O) groups is 2. The third kappa shape index (κ3) is 4.36. The van der Waals surface area contributed by atoms with Crippen molar-refractivity contribution in [2.24, 2.45) is 0 Å². The first-order valence-corrected chi connectivity index (χ1v) is 8.13. The maximum absolute atomic E-state index is 13.5. The van der Waals surface area contributed by atoms with Crippen molar-refractivity contribution in [3.05, 3.63) is 59.5 Å². The van der Waals surface area contributed by atoms with Crippen molar-refractivity contribution in [1.82, 2.24) is 0 Å². The van der Waals surface area contributed by atoms with E-state index >= 15 is 0 Å². The van der Waals surface area contributed by atoms with Gasteiger partial charge in [0.2, 0.25) is 0 Å². The Hall–Kier alpha value is -3.23. The Bertz CT molecular complexity index is 856. The molecule has 0 amide bonds. The number of rotatable bonds is 5. The summed E-state index contributed by atoms with van der Waals surface area (Å²) in [7, 11) is 2.22. The van der Waals surface area contributed by atoms with Crippen molar-refractivity contribution < 1.29 is 37.0 Å². The van der Waals surface area contributed by atoms with Crippen molar-refractivity contribution in [2.45, 2.75) is 13.1 Å². The van der Waals surface area contributed by atoms with Gasteiger partial charge in [0.15, 0.2) is 0 Å². The van der Waals surface area contributed by atoms with Gasteiger partial charge in [-0.1, -0.05) is 6.08 Å². The number of halogens is 3. The number of methoxy groups -OCH3 is 2. The predicted octanol–water partition coefficient (Wildman–Crippen LogP) is 3.59. The van der Waals surface area contributed by atoms with Crippen molar-refractivity contribution in [3.63, 3.8) is 0 Å². The molecule has 0 unspecified atom stereocenters. The van der Waals surface area contributed by atoms with Crippen LogP contribution in [0.4, 0.5) is 18.9 Å². The molecule has 0 bridgehead atoms. The van der Waals surface area contributed by atoms with Crippen LogP contribution in [0.1, 0.15) is 12.5 Å². The van der Waals surface area contributed by atoms with Crippen LogP contribution in [0.25, 0.3) is 0 Å². The molecule has 1 aliphatic heterocycles. The minimum absolute atomic E-state index is 0.0162. The predicted molar refractivity (Wildman–Crippen MR) is 94.4 cm³/mol. The Kier molecular flexibility index (Phi) is 6.50. The fraction of sp³-hybridized carbons (Fsp3) is 0.263. The van der Waals surface area contributed by atoms with Crippen molar-refractivity contribution >= 4 is 17.6 Å². The first-order valence-electron chi connectivity index (χ1n) is 8.13. The molecule has 0 saturated heterocycles. The maximum Gasteiger partial charge on any atom is 0.420 e. The fourth-order valence-electron chi connectivity index (χ4n) is 2.54. The van der Waals surface area contributed by atoms with Crippen molar-refractivity contribution in [3.8, 4) is 5.75 Å². The number of benzene rings is 1. The zero-order valence-electron chi connectivity index (χ0n) is 15.4. The van der Waals surface area contributed by atoms with Crippen LogP contribution in [-0.4, -0.2) is 32.8 Å². The van der Waals surface area contributed by atoms with Gasteiger partial charge in [0, 0.05) is 11.9 Å². The molecule has 0 radical (unpaired) electrons. The quantitative estimate of drug-likeness (QED) is 0.708. The van der Waals surface area contributed by atoms with Gasteiger partial charge in [-0.05, 0) is 37.3 Å². The number of hydrogen-bond acceptors (Lipinski definition) is 6. The van der Waals surface area contributed by atoms with Gasteiger partial charge in [0.1, 0.15) is 11.4 Å². The standard InChI is InChI=1S/C19H18F3NO5/c1-4-28-15-9-8-12(11-14(15)19(20,21)22)23-10-6-5-7-13(17(24)26-2)16(23)18(25)27-3/h5-11H,4H2,1-3H3. The second-order valence-corrected chi connectivity index (χ2v) is 5.43. The first-order chi connectivity index (χ1) is 13.2. The van der Waals surface area contributed by atoms with Gasteiger partial charge in [-0.2, -0.15) is 13.2 Å². The highest BCUT2D eigenvalue weighted by Crippen LogP contribution is 2.39.